The number of methoxy groups -OCH3 is 1. The summed E-state index contributed by atoms with van der Waals surface area (Å²) in [6.07, 6.45) is 0.381. The lowest BCUT2D eigenvalue weighted by Gasteiger charge is -2.24. The van der Waals surface area contributed by atoms with Crippen molar-refractivity contribution in [3.63, 3.8) is 0 Å². The minimum atomic E-state index is -0.0676. The number of anilines is 1. The summed E-state index contributed by atoms with van der Waals surface area (Å²) >= 11 is 1.56. The topological polar surface area (TPSA) is 69.0 Å². The molecule has 2 aromatic carbocycles. The van der Waals surface area contributed by atoms with Crippen LogP contribution in [0.25, 0.3) is 15.3 Å². The average molecular weight is 390 g/mol. The molecule has 1 aliphatic heterocycles. The Morgan fingerprint density at radius 3 is 2.89 bits per heavy atom. The van der Waals surface area contributed by atoms with Gasteiger partial charge in [-0.1, -0.05) is 35.6 Å². The highest BCUT2D eigenvalue weighted by molar-refractivity contribution is 7.20. The Labute approximate surface area is 165 Å². The van der Waals surface area contributed by atoms with Crippen molar-refractivity contribution in [3.8, 4) is 10.9 Å². The van der Waals surface area contributed by atoms with E-state index in [2.05, 4.69) is 5.32 Å². The van der Waals surface area contributed by atoms with Gasteiger partial charge in [0.15, 0.2) is 0 Å². The Kier molecular flexibility index (Phi) is 3.91. The van der Waals surface area contributed by atoms with Crippen LogP contribution in [0, 0.1) is 6.92 Å². The van der Waals surface area contributed by atoms with E-state index < -0.39 is 0 Å². The number of para-hydroxylation sites is 1. The zero-order valence-electron chi connectivity index (χ0n) is 15.5. The quantitative estimate of drug-likeness (QED) is 0.567. The molecule has 5 rings (SSSR count). The lowest BCUT2D eigenvalue weighted by Crippen LogP contribution is -2.24. The first-order valence-corrected chi connectivity index (χ1v) is 9.85. The summed E-state index contributed by atoms with van der Waals surface area (Å²) in [5, 5.41) is 8.49. The number of carbonyl (C=O) groups is 1. The van der Waals surface area contributed by atoms with Gasteiger partial charge in [0, 0.05) is 17.9 Å². The summed E-state index contributed by atoms with van der Waals surface area (Å²) in [5.41, 5.74) is 3.90. The number of benzene rings is 2. The van der Waals surface area contributed by atoms with E-state index in [-0.39, 0.29) is 11.8 Å². The van der Waals surface area contributed by atoms with Crippen molar-refractivity contribution in [1.82, 2.24) is 14.8 Å². The van der Waals surface area contributed by atoms with E-state index in [9.17, 15) is 4.79 Å². The van der Waals surface area contributed by atoms with E-state index in [4.69, 9.17) is 14.8 Å². The molecule has 140 valence electrons. The highest BCUT2D eigenvalue weighted by atomic mass is 32.1. The molecule has 0 saturated heterocycles. The third-order valence-corrected chi connectivity index (χ3v) is 6.07. The minimum absolute atomic E-state index is 0.0254. The molecule has 0 radical (unpaired) electrons. The van der Waals surface area contributed by atoms with Crippen LogP contribution in [0.4, 0.5) is 5.82 Å². The molecule has 0 aliphatic carbocycles. The molecule has 2 aromatic heterocycles. The maximum absolute atomic E-state index is 12.5. The molecule has 0 saturated carbocycles. The number of thiazole rings is 1. The lowest BCUT2D eigenvalue weighted by molar-refractivity contribution is -0.116. The Morgan fingerprint density at radius 2 is 2.07 bits per heavy atom. The van der Waals surface area contributed by atoms with Crippen LogP contribution in [0.5, 0.6) is 5.75 Å². The predicted octanol–water partition coefficient (Wildman–Crippen LogP) is 4.27. The molecule has 6 nitrogen and oxygen atoms in total. The number of hydrogen-bond acceptors (Lipinski definition) is 5. The summed E-state index contributed by atoms with van der Waals surface area (Å²) in [4.78, 5) is 17.2. The summed E-state index contributed by atoms with van der Waals surface area (Å²) in [6, 6.07) is 15.9. The fourth-order valence-corrected chi connectivity index (χ4v) is 4.70. The van der Waals surface area contributed by atoms with E-state index in [0.29, 0.717) is 12.2 Å². The normalized spacial score (nSPS) is 16.1. The first kappa shape index (κ1) is 16.9. The third-order valence-electron chi connectivity index (χ3n) is 5.06. The van der Waals surface area contributed by atoms with Crippen molar-refractivity contribution in [1.29, 1.82) is 0 Å². The zero-order chi connectivity index (χ0) is 19.3. The number of rotatable bonds is 3. The van der Waals surface area contributed by atoms with Gasteiger partial charge >= 0.3 is 0 Å². The second-order valence-electron chi connectivity index (χ2n) is 6.81. The number of carbonyl (C=O) groups excluding carboxylic acids is 1. The number of aryl methyl sites for hydroxylation is 1. The molecule has 1 amide bonds. The summed E-state index contributed by atoms with van der Waals surface area (Å²) < 4.78 is 8.22. The van der Waals surface area contributed by atoms with Crippen LogP contribution in [-0.2, 0) is 4.79 Å². The molecular formula is C21H18N4O2S. The van der Waals surface area contributed by atoms with E-state index in [0.717, 1.165) is 37.9 Å². The number of ether oxygens (including phenoxy) is 1. The largest absolute Gasteiger partial charge is 0.497 e. The van der Waals surface area contributed by atoms with Gasteiger partial charge in [-0.15, -0.1) is 0 Å². The van der Waals surface area contributed by atoms with Crippen LogP contribution in [-0.4, -0.2) is 27.8 Å². The standard InChI is InChI=1S/C21H18N4O2S/c1-12-19-15(13-6-5-7-14(10-13)27-2)11-18(26)23-20(19)25(24-12)21-22-16-8-3-4-9-17(16)28-21/h3-10,15H,11H2,1-2H3,(H,23,26)/t15-/m0/s1. The molecule has 0 fully saturated rings. The fraction of sp³-hybridized carbons (Fsp3) is 0.190. The number of amides is 1. The fourth-order valence-electron chi connectivity index (χ4n) is 3.78. The number of aromatic nitrogens is 3. The molecule has 1 atom stereocenters. The highest BCUT2D eigenvalue weighted by Gasteiger charge is 2.33. The van der Waals surface area contributed by atoms with Crippen LogP contribution < -0.4 is 10.1 Å². The van der Waals surface area contributed by atoms with Crippen LogP contribution in [0.3, 0.4) is 0 Å². The monoisotopic (exact) mass is 390 g/mol. The first-order chi connectivity index (χ1) is 13.6. The van der Waals surface area contributed by atoms with Gasteiger partial charge in [-0.25, -0.2) is 4.98 Å². The Balaban J connectivity index is 1.67. The van der Waals surface area contributed by atoms with E-state index in [1.165, 1.54) is 0 Å². The summed E-state index contributed by atoms with van der Waals surface area (Å²) in [6.45, 7) is 1.98. The van der Waals surface area contributed by atoms with Crippen molar-refractivity contribution < 1.29 is 9.53 Å². The van der Waals surface area contributed by atoms with Gasteiger partial charge in [-0.05, 0) is 36.8 Å². The van der Waals surface area contributed by atoms with Crippen molar-refractivity contribution in [3.05, 3.63) is 65.4 Å². The molecule has 0 spiro atoms. The van der Waals surface area contributed by atoms with Crippen molar-refractivity contribution >= 4 is 33.3 Å². The molecular weight excluding hydrogens is 372 g/mol. The Bertz CT molecular complexity index is 1180. The Morgan fingerprint density at radius 1 is 1.21 bits per heavy atom. The molecule has 1 aliphatic rings. The minimum Gasteiger partial charge on any atom is -0.497 e. The second-order valence-corrected chi connectivity index (χ2v) is 7.81. The maximum Gasteiger partial charge on any atom is 0.226 e. The van der Waals surface area contributed by atoms with Gasteiger partial charge in [0.2, 0.25) is 11.0 Å². The number of nitrogens with zero attached hydrogens (tertiary/aromatic N) is 3. The number of fused-ring (bicyclic) bond motifs is 2. The van der Waals surface area contributed by atoms with Gasteiger partial charge < -0.3 is 10.1 Å². The highest BCUT2D eigenvalue weighted by Crippen LogP contribution is 2.41. The smallest absolute Gasteiger partial charge is 0.226 e. The summed E-state index contributed by atoms with van der Waals surface area (Å²) in [7, 11) is 1.65. The molecule has 0 bridgehead atoms. The number of nitrogens with one attached hydrogen (secondary N) is 1. The van der Waals surface area contributed by atoms with Crippen LogP contribution >= 0.6 is 11.3 Å². The van der Waals surface area contributed by atoms with Crippen LogP contribution in [0.2, 0.25) is 0 Å². The van der Waals surface area contributed by atoms with Gasteiger partial charge in [0.05, 0.1) is 23.0 Å². The molecule has 3 heterocycles. The number of hydrogen-bond donors (Lipinski definition) is 1. The van der Waals surface area contributed by atoms with Crippen LogP contribution in [0.15, 0.2) is 48.5 Å². The summed E-state index contributed by atoms with van der Waals surface area (Å²) in [5.74, 6) is 1.39. The lowest BCUT2D eigenvalue weighted by atomic mass is 9.86. The van der Waals surface area contributed by atoms with Gasteiger partial charge in [-0.2, -0.15) is 9.78 Å². The van der Waals surface area contributed by atoms with E-state index in [1.54, 1.807) is 23.1 Å². The maximum atomic E-state index is 12.5. The second kappa shape index (κ2) is 6.45. The Hall–Kier alpha value is -3.19. The average Bonchev–Trinajstić information content (AvgIpc) is 3.28. The molecule has 0 unspecified atom stereocenters. The van der Waals surface area contributed by atoms with Gasteiger partial charge in [0.1, 0.15) is 11.6 Å². The SMILES string of the molecule is COc1cccc([C@@H]2CC(=O)Nc3c2c(C)nn3-c2nc3ccccc3s2)c1. The van der Waals surface area contributed by atoms with Crippen molar-refractivity contribution in [2.45, 2.75) is 19.3 Å². The predicted molar refractivity (Wildman–Crippen MR) is 110 cm³/mol. The van der Waals surface area contributed by atoms with Gasteiger partial charge in [-0.3, -0.25) is 4.79 Å². The van der Waals surface area contributed by atoms with Crippen LogP contribution in [0.1, 0.15) is 29.2 Å². The zero-order valence-corrected chi connectivity index (χ0v) is 16.3. The van der Waals surface area contributed by atoms with Crippen molar-refractivity contribution in [2.75, 3.05) is 12.4 Å². The molecule has 28 heavy (non-hydrogen) atoms. The molecule has 4 aromatic rings. The van der Waals surface area contributed by atoms with Crippen molar-refractivity contribution in [2.24, 2.45) is 0 Å². The first-order valence-electron chi connectivity index (χ1n) is 9.03. The molecule has 1 N–H and O–H groups in total. The third kappa shape index (κ3) is 2.66. The molecule has 7 heteroatoms. The van der Waals surface area contributed by atoms with Gasteiger partial charge in [0.25, 0.3) is 0 Å². The van der Waals surface area contributed by atoms with E-state index >= 15 is 0 Å². The van der Waals surface area contributed by atoms with E-state index in [1.807, 2.05) is 55.5 Å².